The lowest BCUT2D eigenvalue weighted by Gasteiger charge is -2.17. The highest BCUT2D eigenvalue weighted by Crippen LogP contribution is 2.18. The summed E-state index contributed by atoms with van der Waals surface area (Å²) in [6.07, 6.45) is 0.630. The number of rotatable bonds is 6. The van der Waals surface area contributed by atoms with Gasteiger partial charge in [0, 0.05) is 29.1 Å². The number of aliphatic hydroxyl groups excluding tert-OH is 1. The van der Waals surface area contributed by atoms with Crippen molar-refractivity contribution in [1.29, 1.82) is 0 Å². The Hall–Kier alpha value is -1.65. The van der Waals surface area contributed by atoms with Crippen molar-refractivity contribution in [2.24, 2.45) is 0 Å². The lowest BCUT2D eigenvalue weighted by Crippen LogP contribution is -2.28. The Morgan fingerprint density at radius 3 is 2.38 bits per heavy atom. The molecular weight excluding hydrogens is 330 g/mol. The molecular formula is C17H18BrNO2. The van der Waals surface area contributed by atoms with Crippen LogP contribution in [0.25, 0.3) is 0 Å². The highest BCUT2D eigenvalue weighted by atomic mass is 79.9. The second kappa shape index (κ2) is 7.96. The summed E-state index contributed by atoms with van der Waals surface area (Å²) in [7, 11) is 0. The molecule has 0 aromatic heterocycles. The van der Waals surface area contributed by atoms with E-state index in [1.54, 1.807) is 12.1 Å². The fourth-order valence-electron chi connectivity index (χ4n) is 2.19. The number of hydrogen-bond acceptors (Lipinski definition) is 2. The number of carbonyl (C=O) groups excluding carboxylic acids is 1. The van der Waals surface area contributed by atoms with Crippen molar-refractivity contribution >= 4 is 21.8 Å². The van der Waals surface area contributed by atoms with E-state index in [2.05, 4.69) is 21.2 Å². The number of nitrogens with one attached hydrogen (secondary N) is 1. The Morgan fingerprint density at radius 2 is 1.76 bits per heavy atom. The topological polar surface area (TPSA) is 49.3 Å². The molecule has 0 bridgehead atoms. The van der Waals surface area contributed by atoms with Crippen molar-refractivity contribution in [1.82, 2.24) is 5.32 Å². The molecule has 0 aliphatic rings. The Labute approximate surface area is 133 Å². The van der Waals surface area contributed by atoms with Gasteiger partial charge in [-0.25, -0.2) is 0 Å². The molecule has 0 saturated heterocycles. The summed E-state index contributed by atoms with van der Waals surface area (Å²) >= 11 is 3.35. The molecule has 0 aliphatic carbocycles. The standard InChI is InChI=1S/C17H18BrNO2/c18-16-8-6-14(7-9-16)17(21)19-12-15(10-11-20)13-4-2-1-3-5-13/h1-9,15,20H,10-12H2,(H,19,21). The number of benzene rings is 2. The first-order chi connectivity index (χ1) is 10.2. The smallest absolute Gasteiger partial charge is 0.251 e. The first-order valence-electron chi connectivity index (χ1n) is 6.90. The molecule has 110 valence electrons. The van der Waals surface area contributed by atoms with Crippen LogP contribution in [-0.4, -0.2) is 24.2 Å². The third-order valence-corrected chi connectivity index (χ3v) is 3.89. The summed E-state index contributed by atoms with van der Waals surface area (Å²) in [5.41, 5.74) is 1.76. The van der Waals surface area contributed by atoms with Gasteiger partial charge in [-0.3, -0.25) is 4.79 Å². The predicted octanol–water partition coefficient (Wildman–Crippen LogP) is 3.35. The third-order valence-electron chi connectivity index (χ3n) is 3.36. The summed E-state index contributed by atoms with van der Waals surface area (Å²) in [4.78, 5) is 12.1. The molecule has 0 heterocycles. The summed E-state index contributed by atoms with van der Waals surface area (Å²) in [6, 6.07) is 17.2. The molecule has 0 saturated carbocycles. The maximum Gasteiger partial charge on any atom is 0.251 e. The minimum atomic E-state index is -0.0960. The van der Waals surface area contributed by atoms with Gasteiger partial charge in [0.25, 0.3) is 5.91 Å². The van der Waals surface area contributed by atoms with Gasteiger partial charge in [-0.15, -0.1) is 0 Å². The van der Waals surface area contributed by atoms with E-state index in [0.29, 0.717) is 18.5 Å². The molecule has 0 fully saturated rings. The number of aliphatic hydroxyl groups is 1. The summed E-state index contributed by atoms with van der Waals surface area (Å²) in [5.74, 6) is 0.0250. The molecule has 2 aromatic carbocycles. The molecule has 3 nitrogen and oxygen atoms in total. The van der Waals surface area contributed by atoms with Crippen molar-refractivity contribution in [2.45, 2.75) is 12.3 Å². The maximum absolute atomic E-state index is 12.1. The molecule has 2 N–H and O–H groups in total. The van der Waals surface area contributed by atoms with Gasteiger partial charge < -0.3 is 10.4 Å². The second-order valence-corrected chi connectivity index (χ2v) is 5.75. The van der Waals surface area contributed by atoms with Gasteiger partial charge in [0.1, 0.15) is 0 Å². The van der Waals surface area contributed by atoms with E-state index in [9.17, 15) is 9.90 Å². The number of amides is 1. The Kier molecular flexibility index (Phi) is 5.96. The first kappa shape index (κ1) is 15.7. The van der Waals surface area contributed by atoms with Crippen molar-refractivity contribution in [3.63, 3.8) is 0 Å². The molecule has 2 rings (SSSR count). The maximum atomic E-state index is 12.1. The van der Waals surface area contributed by atoms with Crippen LogP contribution in [-0.2, 0) is 0 Å². The second-order valence-electron chi connectivity index (χ2n) is 4.84. The normalized spacial score (nSPS) is 11.9. The van der Waals surface area contributed by atoms with Crippen LogP contribution in [0, 0.1) is 0 Å². The summed E-state index contributed by atoms with van der Waals surface area (Å²) in [5, 5.41) is 12.1. The van der Waals surface area contributed by atoms with Gasteiger partial charge in [-0.1, -0.05) is 46.3 Å². The van der Waals surface area contributed by atoms with Crippen LogP contribution in [0.4, 0.5) is 0 Å². The largest absolute Gasteiger partial charge is 0.396 e. The van der Waals surface area contributed by atoms with Gasteiger partial charge in [0.05, 0.1) is 0 Å². The van der Waals surface area contributed by atoms with E-state index in [-0.39, 0.29) is 18.4 Å². The van der Waals surface area contributed by atoms with Crippen molar-refractivity contribution in [3.05, 3.63) is 70.2 Å². The first-order valence-corrected chi connectivity index (χ1v) is 7.69. The van der Waals surface area contributed by atoms with Crippen molar-refractivity contribution in [2.75, 3.05) is 13.2 Å². The fourth-order valence-corrected chi connectivity index (χ4v) is 2.45. The van der Waals surface area contributed by atoms with E-state index >= 15 is 0 Å². The van der Waals surface area contributed by atoms with Gasteiger partial charge in [-0.2, -0.15) is 0 Å². The van der Waals surface area contributed by atoms with E-state index < -0.39 is 0 Å². The van der Waals surface area contributed by atoms with Crippen LogP contribution in [0.3, 0.4) is 0 Å². The van der Waals surface area contributed by atoms with Gasteiger partial charge in [0.2, 0.25) is 0 Å². The number of halogens is 1. The van der Waals surface area contributed by atoms with Crippen LogP contribution >= 0.6 is 15.9 Å². The molecule has 2 aromatic rings. The van der Waals surface area contributed by atoms with Crippen molar-refractivity contribution < 1.29 is 9.90 Å². The minimum absolute atomic E-state index is 0.0960. The molecule has 21 heavy (non-hydrogen) atoms. The number of carbonyl (C=O) groups is 1. The molecule has 4 heteroatoms. The van der Waals surface area contributed by atoms with Crippen molar-refractivity contribution in [3.8, 4) is 0 Å². The van der Waals surface area contributed by atoms with Crippen LogP contribution in [0.2, 0.25) is 0 Å². The fraction of sp³-hybridized carbons (Fsp3) is 0.235. The quantitative estimate of drug-likeness (QED) is 0.841. The molecule has 1 atom stereocenters. The van der Waals surface area contributed by atoms with Crippen LogP contribution in [0.15, 0.2) is 59.1 Å². The average molecular weight is 348 g/mol. The molecule has 0 spiro atoms. The van der Waals surface area contributed by atoms with Crippen LogP contribution in [0.1, 0.15) is 28.3 Å². The van der Waals surface area contributed by atoms with Crippen LogP contribution in [0.5, 0.6) is 0 Å². The monoisotopic (exact) mass is 347 g/mol. The highest BCUT2D eigenvalue weighted by molar-refractivity contribution is 9.10. The molecule has 1 amide bonds. The van der Waals surface area contributed by atoms with E-state index in [0.717, 1.165) is 10.0 Å². The zero-order chi connectivity index (χ0) is 15.1. The Bertz CT molecular complexity index is 569. The summed E-state index contributed by atoms with van der Waals surface area (Å²) in [6.45, 7) is 0.618. The highest BCUT2D eigenvalue weighted by Gasteiger charge is 2.13. The lowest BCUT2D eigenvalue weighted by molar-refractivity contribution is 0.0949. The number of hydrogen-bond donors (Lipinski definition) is 2. The average Bonchev–Trinajstić information content (AvgIpc) is 2.52. The third kappa shape index (κ3) is 4.69. The van der Waals surface area contributed by atoms with E-state index in [1.165, 1.54) is 0 Å². The Balaban J connectivity index is 1.98. The van der Waals surface area contributed by atoms with E-state index in [4.69, 9.17) is 0 Å². The van der Waals surface area contributed by atoms with Gasteiger partial charge in [-0.05, 0) is 36.2 Å². The van der Waals surface area contributed by atoms with Gasteiger partial charge in [0.15, 0.2) is 0 Å². The summed E-state index contributed by atoms with van der Waals surface area (Å²) < 4.78 is 0.946. The van der Waals surface area contributed by atoms with Gasteiger partial charge >= 0.3 is 0 Å². The molecule has 1 unspecified atom stereocenters. The zero-order valence-electron chi connectivity index (χ0n) is 11.6. The molecule has 0 radical (unpaired) electrons. The van der Waals surface area contributed by atoms with E-state index in [1.807, 2.05) is 42.5 Å². The SMILES string of the molecule is O=C(NCC(CCO)c1ccccc1)c1ccc(Br)cc1. The minimum Gasteiger partial charge on any atom is -0.396 e. The molecule has 0 aliphatic heterocycles. The predicted molar refractivity (Wildman–Crippen MR) is 87.4 cm³/mol. The Morgan fingerprint density at radius 1 is 1.10 bits per heavy atom. The van der Waals surface area contributed by atoms with Crippen LogP contribution < -0.4 is 5.32 Å². The zero-order valence-corrected chi connectivity index (χ0v) is 13.2. The lowest BCUT2D eigenvalue weighted by atomic mass is 9.96.